The lowest BCUT2D eigenvalue weighted by atomic mass is 9.88. The normalized spacial score (nSPS) is 20.2. The van der Waals surface area contributed by atoms with Gasteiger partial charge in [0, 0.05) is 4.88 Å². The number of thiophene rings is 1. The Morgan fingerprint density at radius 3 is 2.79 bits per heavy atom. The number of nitrogens with one attached hydrogen (secondary N) is 2. The first kappa shape index (κ1) is 18.0. The van der Waals surface area contributed by atoms with E-state index in [0.717, 1.165) is 35.4 Å². The van der Waals surface area contributed by atoms with E-state index in [4.69, 9.17) is 9.15 Å². The number of carbonyl (C=O) groups excluding carboxylic acids is 2. The number of fused-ring (bicyclic) bond motifs is 3. The van der Waals surface area contributed by atoms with Gasteiger partial charge in [0.2, 0.25) is 5.76 Å². The maximum absolute atomic E-state index is 12.8. The average molecular weight is 408 g/mol. The molecule has 148 valence electrons. The third-order valence-electron chi connectivity index (χ3n) is 5.44. The van der Waals surface area contributed by atoms with Crippen LogP contribution in [0.5, 0.6) is 5.75 Å². The molecule has 0 fully saturated rings. The molecular formula is C22H20N2O4S. The number of ether oxygens (including phenoxy) is 1. The predicted octanol–water partition coefficient (Wildman–Crippen LogP) is 4.54. The Balaban J connectivity index is 1.33. The van der Waals surface area contributed by atoms with E-state index in [-0.39, 0.29) is 17.8 Å². The minimum Gasteiger partial charge on any atom is -0.457 e. The second-order valence-electron chi connectivity index (χ2n) is 7.54. The molecule has 0 spiro atoms. The standard InChI is InChI=1S/C22H20N2O4S/c1-12-4-9-15-17(11-12)29-21-18(15)20(25)23-19(24-21)13-5-7-14(8-6-13)28-22(26)16-3-2-10-27-16/h2-3,5-8,10,12,19,24H,4,9,11H2,1H3,(H,23,25)/t12-,19+/m1/s1. The van der Waals surface area contributed by atoms with Gasteiger partial charge in [-0.05, 0) is 60.6 Å². The molecule has 3 aromatic rings. The van der Waals surface area contributed by atoms with E-state index in [9.17, 15) is 9.59 Å². The minimum atomic E-state index is -0.546. The van der Waals surface area contributed by atoms with Crippen molar-refractivity contribution in [1.29, 1.82) is 0 Å². The summed E-state index contributed by atoms with van der Waals surface area (Å²) >= 11 is 1.70. The van der Waals surface area contributed by atoms with Crippen LogP contribution in [0.1, 0.15) is 56.4 Å². The van der Waals surface area contributed by atoms with Gasteiger partial charge in [-0.25, -0.2) is 4.79 Å². The second-order valence-corrected chi connectivity index (χ2v) is 8.65. The summed E-state index contributed by atoms with van der Waals surface area (Å²) < 4.78 is 10.3. The molecule has 3 heterocycles. The summed E-state index contributed by atoms with van der Waals surface area (Å²) in [4.78, 5) is 26.1. The number of furan rings is 1. The molecule has 2 atom stereocenters. The zero-order chi connectivity index (χ0) is 20.0. The number of benzene rings is 1. The molecule has 1 aliphatic carbocycles. The van der Waals surface area contributed by atoms with Gasteiger partial charge in [0.1, 0.15) is 16.9 Å². The van der Waals surface area contributed by atoms with E-state index in [1.807, 2.05) is 12.1 Å². The van der Waals surface area contributed by atoms with Gasteiger partial charge in [-0.2, -0.15) is 0 Å². The highest BCUT2D eigenvalue weighted by molar-refractivity contribution is 7.16. The summed E-state index contributed by atoms with van der Waals surface area (Å²) in [6, 6.07) is 10.3. The monoisotopic (exact) mass is 408 g/mol. The number of esters is 1. The molecule has 0 saturated carbocycles. The van der Waals surface area contributed by atoms with Crippen LogP contribution in [0.15, 0.2) is 47.1 Å². The number of hydrogen-bond acceptors (Lipinski definition) is 6. The SMILES string of the molecule is C[C@@H]1CCc2c(sc3c2C(=O)N[C@H](c2ccc(OC(=O)c4ccco4)cc2)N3)C1. The lowest BCUT2D eigenvalue weighted by Crippen LogP contribution is -2.38. The Bertz CT molecular complexity index is 1070. The molecule has 0 bridgehead atoms. The third kappa shape index (κ3) is 3.31. The average Bonchev–Trinajstić information content (AvgIpc) is 3.36. The Labute approximate surface area is 171 Å². The molecule has 2 aromatic heterocycles. The quantitative estimate of drug-likeness (QED) is 0.491. The summed E-state index contributed by atoms with van der Waals surface area (Å²) in [5.74, 6) is 0.661. The first-order valence-corrected chi connectivity index (χ1v) is 10.5. The van der Waals surface area contributed by atoms with Crippen LogP contribution < -0.4 is 15.4 Å². The van der Waals surface area contributed by atoms with Crippen LogP contribution in [0, 0.1) is 5.92 Å². The van der Waals surface area contributed by atoms with E-state index < -0.39 is 5.97 Å². The van der Waals surface area contributed by atoms with Crippen molar-refractivity contribution in [3.63, 3.8) is 0 Å². The largest absolute Gasteiger partial charge is 0.457 e. The van der Waals surface area contributed by atoms with Gasteiger partial charge < -0.3 is 19.8 Å². The van der Waals surface area contributed by atoms with Crippen LogP contribution in [0.25, 0.3) is 0 Å². The van der Waals surface area contributed by atoms with Gasteiger partial charge in [-0.15, -0.1) is 11.3 Å². The zero-order valence-electron chi connectivity index (χ0n) is 15.9. The number of carbonyl (C=O) groups is 2. The van der Waals surface area contributed by atoms with Gasteiger partial charge >= 0.3 is 5.97 Å². The molecule has 1 aliphatic heterocycles. The van der Waals surface area contributed by atoms with Crippen LogP contribution in [0.2, 0.25) is 0 Å². The van der Waals surface area contributed by atoms with Crippen LogP contribution in [-0.4, -0.2) is 11.9 Å². The summed E-state index contributed by atoms with van der Waals surface area (Å²) in [6.07, 6.45) is 4.25. The highest BCUT2D eigenvalue weighted by Gasteiger charge is 2.33. The molecule has 6 nitrogen and oxygen atoms in total. The summed E-state index contributed by atoms with van der Waals surface area (Å²) in [5.41, 5.74) is 2.92. The fourth-order valence-corrected chi connectivity index (χ4v) is 5.35. The van der Waals surface area contributed by atoms with E-state index in [1.165, 1.54) is 16.7 Å². The Kier molecular flexibility index (Phi) is 4.39. The highest BCUT2D eigenvalue weighted by Crippen LogP contribution is 2.42. The molecule has 0 saturated heterocycles. The molecule has 1 aromatic carbocycles. The minimum absolute atomic E-state index is 0.0240. The van der Waals surface area contributed by atoms with Crippen molar-refractivity contribution in [2.45, 2.75) is 32.4 Å². The fourth-order valence-electron chi connectivity index (χ4n) is 3.91. The Morgan fingerprint density at radius 2 is 2.03 bits per heavy atom. The predicted molar refractivity (Wildman–Crippen MR) is 109 cm³/mol. The topological polar surface area (TPSA) is 80.6 Å². The van der Waals surface area contributed by atoms with Crippen molar-refractivity contribution >= 4 is 28.2 Å². The summed E-state index contributed by atoms with van der Waals surface area (Å²) in [6.45, 7) is 2.26. The maximum Gasteiger partial charge on any atom is 0.379 e. The van der Waals surface area contributed by atoms with Crippen molar-refractivity contribution in [2.75, 3.05) is 5.32 Å². The number of amides is 1. The Morgan fingerprint density at radius 1 is 1.21 bits per heavy atom. The van der Waals surface area contributed by atoms with E-state index in [2.05, 4.69) is 17.6 Å². The summed E-state index contributed by atoms with van der Waals surface area (Å²) in [5, 5.41) is 7.47. The van der Waals surface area contributed by atoms with Crippen LogP contribution in [0.4, 0.5) is 5.00 Å². The van der Waals surface area contributed by atoms with Gasteiger partial charge in [-0.3, -0.25) is 4.79 Å². The van der Waals surface area contributed by atoms with Crippen molar-refractivity contribution < 1.29 is 18.7 Å². The Hall–Kier alpha value is -3.06. The maximum atomic E-state index is 12.8. The van der Waals surface area contributed by atoms with Gasteiger partial charge in [0.15, 0.2) is 0 Å². The molecule has 7 heteroatoms. The van der Waals surface area contributed by atoms with Crippen LogP contribution in [-0.2, 0) is 12.8 Å². The van der Waals surface area contributed by atoms with Crippen molar-refractivity contribution in [3.05, 3.63) is 70.0 Å². The van der Waals surface area contributed by atoms with Gasteiger partial charge in [-0.1, -0.05) is 19.1 Å². The zero-order valence-corrected chi connectivity index (χ0v) is 16.7. The third-order valence-corrected chi connectivity index (χ3v) is 6.62. The molecule has 1 amide bonds. The smallest absolute Gasteiger partial charge is 0.379 e. The van der Waals surface area contributed by atoms with Crippen molar-refractivity contribution in [1.82, 2.24) is 5.32 Å². The second kappa shape index (κ2) is 7.08. The number of hydrogen-bond donors (Lipinski definition) is 2. The van der Waals surface area contributed by atoms with Crippen molar-refractivity contribution in [2.24, 2.45) is 5.92 Å². The molecule has 2 N–H and O–H groups in total. The van der Waals surface area contributed by atoms with Crippen LogP contribution >= 0.6 is 11.3 Å². The lowest BCUT2D eigenvalue weighted by Gasteiger charge is -2.27. The molecule has 0 unspecified atom stereocenters. The molecular weight excluding hydrogens is 388 g/mol. The van der Waals surface area contributed by atoms with E-state index in [1.54, 1.807) is 35.6 Å². The van der Waals surface area contributed by atoms with E-state index in [0.29, 0.717) is 11.7 Å². The lowest BCUT2D eigenvalue weighted by molar-refractivity contribution is 0.0701. The van der Waals surface area contributed by atoms with Crippen LogP contribution in [0.3, 0.4) is 0 Å². The molecule has 0 radical (unpaired) electrons. The number of anilines is 1. The number of rotatable bonds is 3. The molecule has 5 rings (SSSR count). The fraction of sp³-hybridized carbons (Fsp3) is 0.273. The van der Waals surface area contributed by atoms with Crippen molar-refractivity contribution in [3.8, 4) is 5.75 Å². The molecule has 2 aliphatic rings. The van der Waals surface area contributed by atoms with E-state index >= 15 is 0 Å². The molecule has 29 heavy (non-hydrogen) atoms. The highest BCUT2D eigenvalue weighted by atomic mass is 32.1. The summed E-state index contributed by atoms with van der Waals surface area (Å²) in [7, 11) is 0. The first-order valence-electron chi connectivity index (χ1n) is 9.66. The van der Waals surface area contributed by atoms with Gasteiger partial charge in [0.05, 0.1) is 11.8 Å². The van der Waals surface area contributed by atoms with Gasteiger partial charge in [0.25, 0.3) is 5.91 Å². The first-order chi connectivity index (χ1) is 14.1.